The number of carbonyl (C=O) groups is 1. The standard InChI is InChI=1S/C12H17N3O2/c13-14-12(16)5-6-15-7-8-17-11-4-2-1-3-10(11)9-15/h1-4H,5-9,13H2,(H,14,16). The van der Waals surface area contributed by atoms with Crippen LogP contribution >= 0.6 is 0 Å². The summed E-state index contributed by atoms with van der Waals surface area (Å²) in [5, 5.41) is 0. The highest BCUT2D eigenvalue weighted by molar-refractivity contribution is 5.75. The van der Waals surface area contributed by atoms with Crippen LogP contribution in [0.5, 0.6) is 5.75 Å². The Bertz CT molecular complexity index is 395. The molecule has 5 nitrogen and oxygen atoms in total. The van der Waals surface area contributed by atoms with Crippen LogP contribution in [0.1, 0.15) is 12.0 Å². The van der Waals surface area contributed by atoms with E-state index < -0.39 is 0 Å². The zero-order chi connectivity index (χ0) is 12.1. The second-order valence-electron chi connectivity index (χ2n) is 4.05. The summed E-state index contributed by atoms with van der Waals surface area (Å²) < 4.78 is 5.64. The van der Waals surface area contributed by atoms with Crippen molar-refractivity contribution in [3.8, 4) is 5.75 Å². The molecule has 0 aliphatic carbocycles. The van der Waals surface area contributed by atoms with E-state index in [0.29, 0.717) is 19.6 Å². The average molecular weight is 235 g/mol. The predicted octanol–water partition coefficient (Wildman–Crippen LogP) is 0.261. The fourth-order valence-corrected chi connectivity index (χ4v) is 1.90. The van der Waals surface area contributed by atoms with Gasteiger partial charge in [0.25, 0.3) is 0 Å². The molecule has 17 heavy (non-hydrogen) atoms. The van der Waals surface area contributed by atoms with Crippen molar-refractivity contribution in [3.63, 3.8) is 0 Å². The highest BCUT2D eigenvalue weighted by Gasteiger charge is 2.15. The number of carbonyl (C=O) groups excluding carboxylic acids is 1. The first-order chi connectivity index (χ1) is 8.29. The van der Waals surface area contributed by atoms with Gasteiger partial charge in [0.1, 0.15) is 12.4 Å². The molecule has 0 radical (unpaired) electrons. The fourth-order valence-electron chi connectivity index (χ4n) is 1.90. The molecule has 1 heterocycles. The van der Waals surface area contributed by atoms with Crippen LogP contribution in [0.2, 0.25) is 0 Å². The zero-order valence-corrected chi connectivity index (χ0v) is 9.69. The Hall–Kier alpha value is -1.59. The van der Waals surface area contributed by atoms with Gasteiger partial charge in [-0.05, 0) is 6.07 Å². The minimum absolute atomic E-state index is 0.136. The number of rotatable bonds is 3. The molecule has 5 heteroatoms. The molecule has 2 rings (SSSR count). The van der Waals surface area contributed by atoms with Crippen molar-refractivity contribution >= 4 is 5.91 Å². The van der Waals surface area contributed by atoms with Gasteiger partial charge in [0.15, 0.2) is 0 Å². The molecule has 1 aromatic rings. The molecule has 0 aromatic heterocycles. The Labute approximate surface area is 101 Å². The molecule has 1 aromatic carbocycles. The van der Waals surface area contributed by atoms with Gasteiger partial charge in [0, 0.05) is 31.6 Å². The molecule has 1 aliphatic rings. The molecule has 0 saturated carbocycles. The van der Waals surface area contributed by atoms with Crippen LogP contribution in [0.15, 0.2) is 24.3 Å². The number of fused-ring (bicyclic) bond motifs is 1. The first kappa shape index (κ1) is 11.9. The van der Waals surface area contributed by atoms with E-state index >= 15 is 0 Å². The van der Waals surface area contributed by atoms with Crippen molar-refractivity contribution in [1.29, 1.82) is 0 Å². The SMILES string of the molecule is NNC(=O)CCN1CCOc2ccccc2C1. The van der Waals surface area contributed by atoms with E-state index in [1.54, 1.807) is 0 Å². The van der Waals surface area contributed by atoms with E-state index in [9.17, 15) is 4.79 Å². The Morgan fingerprint density at radius 1 is 1.47 bits per heavy atom. The molecule has 0 unspecified atom stereocenters. The molecule has 92 valence electrons. The van der Waals surface area contributed by atoms with E-state index in [1.165, 1.54) is 0 Å². The van der Waals surface area contributed by atoms with E-state index in [2.05, 4.69) is 16.4 Å². The lowest BCUT2D eigenvalue weighted by Gasteiger charge is -2.18. The minimum Gasteiger partial charge on any atom is -0.492 e. The lowest BCUT2D eigenvalue weighted by molar-refractivity contribution is -0.121. The van der Waals surface area contributed by atoms with Crippen LogP contribution in [0.25, 0.3) is 0 Å². The Balaban J connectivity index is 1.96. The largest absolute Gasteiger partial charge is 0.492 e. The van der Waals surface area contributed by atoms with E-state index in [-0.39, 0.29) is 5.91 Å². The van der Waals surface area contributed by atoms with E-state index in [0.717, 1.165) is 24.4 Å². The number of ether oxygens (including phenoxy) is 1. The van der Waals surface area contributed by atoms with Gasteiger partial charge < -0.3 is 4.74 Å². The highest BCUT2D eigenvalue weighted by atomic mass is 16.5. The third-order valence-corrected chi connectivity index (χ3v) is 2.85. The number of hydrogen-bond donors (Lipinski definition) is 2. The van der Waals surface area contributed by atoms with Crippen LogP contribution in [-0.4, -0.2) is 30.5 Å². The van der Waals surface area contributed by atoms with Crippen molar-refractivity contribution in [2.24, 2.45) is 5.84 Å². The molecule has 0 saturated heterocycles. The number of hydrazine groups is 1. The molecular weight excluding hydrogens is 218 g/mol. The zero-order valence-electron chi connectivity index (χ0n) is 9.69. The first-order valence-electron chi connectivity index (χ1n) is 5.72. The minimum atomic E-state index is -0.136. The molecule has 0 fully saturated rings. The number of hydrogen-bond acceptors (Lipinski definition) is 4. The second-order valence-corrected chi connectivity index (χ2v) is 4.05. The monoisotopic (exact) mass is 235 g/mol. The molecule has 0 spiro atoms. The van der Waals surface area contributed by atoms with Crippen LogP contribution in [0.4, 0.5) is 0 Å². The number of benzene rings is 1. The Morgan fingerprint density at radius 2 is 2.29 bits per heavy atom. The first-order valence-corrected chi connectivity index (χ1v) is 5.72. The smallest absolute Gasteiger partial charge is 0.235 e. The second kappa shape index (κ2) is 5.65. The third kappa shape index (κ3) is 3.18. The predicted molar refractivity (Wildman–Crippen MR) is 64.2 cm³/mol. The van der Waals surface area contributed by atoms with Crippen LogP contribution in [-0.2, 0) is 11.3 Å². The number of para-hydroxylation sites is 1. The lowest BCUT2D eigenvalue weighted by atomic mass is 10.2. The van der Waals surface area contributed by atoms with Crippen LogP contribution < -0.4 is 16.0 Å². The van der Waals surface area contributed by atoms with Gasteiger partial charge in [-0.15, -0.1) is 0 Å². The van der Waals surface area contributed by atoms with Crippen molar-refractivity contribution in [2.75, 3.05) is 19.7 Å². The van der Waals surface area contributed by atoms with Crippen molar-refractivity contribution in [3.05, 3.63) is 29.8 Å². The Morgan fingerprint density at radius 3 is 3.12 bits per heavy atom. The van der Waals surface area contributed by atoms with Gasteiger partial charge >= 0.3 is 0 Å². The Kier molecular flexibility index (Phi) is 3.95. The van der Waals surface area contributed by atoms with Crippen molar-refractivity contribution in [1.82, 2.24) is 10.3 Å². The highest BCUT2D eigenvalue weighted by Crippen LogP contribution is 2.22. The number of nitrogens with zero attached hydrogens (tertiary/aromatic N) is 1. The summed E-state index contributed by atoms with van der Waals surface area (Å²) in [5.41, 5.74) is 3.31. The van der Waals surface area contributed by atoms with Gasteiger partial charge in [0.2, 0.25) is 5.91 Å². The maximum Gasteiger partial charge on any atom is 0.235 e. The summed E-state index contributed by atoms with van der Waals surface area (Å²) in [6.07, 6.45) is 0.415. The van der Waals surface area contributed by atoms with E-state index in [4.69, 9.17) is 10.6 Å². The van der Waals surface area contributed by atoms with Gasteiger partial charge in [-0.1, -0.05) is 18.2 Å². The van der Waals surface area contributed by atoms with Gasteiger partial charge in [-0.3, -0.25) is 15.1 Å². The van der Waals surface area contributed by atoms with Crippen LogP contribution in [0.3, 0.4) is 0 Å². The van der Waals surface area contributed by atoms with Gasteiger partial charge in [-0.2, -0.15) is 0 Å². The molecule has 0 bridgehead atoms. The lowest BCUT2D eigenvalue weighted by Crippen LogP contribution is -2.34. The molecule has 0 atom stereocenters. The van der Waals surface area contributed by atoms with Crippen LogP contribution in [0, 0.1) is 0 Å². The summed E-state index contributed by atoms with van der Waals surface area (Å²) in [4.78, 5) is 13.3. The summed E-state index contributed by atoms with van der Waals surface area (Å²) in [6, 6.07) is 8.00. The van der Waals surface area contributed by atoms with Gasteiger partial charge in [0.05, 0.1) is 0 Å². The molecule has 1 amide bonds. The topological polar surface area (TPSA) is 67.6 Å². The normalized spacial score (nSPS) is 15.6. The number of nitrogens with one attached hydrogen (secondary N) is 1. The van der Waals surface area contributed by atoms with E-state index in [1.807, 2.05) is 18.2 Å². The quantitative estimate of drug-likeness (QED) is 0.448. The van der Waals surface area contributed by atoms with Crippen molar-refractivity contribution < 1.29 is 9.53 Å². The summed E-state index contributed by atoms with van der Waals surface area (Å²) >= 11 is 0. The number of amides is 1. The molecule has 3 N–H and O–H groups in total. The maximum absolute atomic E-state index is 11.1. The fraction of sp³-hybridized carbons (Fsp3) is 0.417. The summed E-state index contributed by atoms with van der Waals surface area (Å²) in [7, 11) is 0. The summed E-state index contributed by atoms with van der Waals surface area (Å²) in [5.74, 6) is 5.86. The molecular formula is C12H17N3O2. The number of nitrogens with two attached hydrogens (primary N) is 1. The average Bonchev–Trinajstić information content (AvgIpc) is 2.57. The van der Waals surface area contributed by atoms with Crippen molar-refractivity contribution in [2.45, 2.75) is 13.0 Å². The molecule has 1 aliphatic heterocycles. The van der Waals surface area contributed by atoms with Gasteiger partial charge in [-0.25, -0.2) is 5.84 Å². The third-order valence-electron chi connectivity index (χ3n) is 2.85. The summed E-state index contributed by atoms with van der Waals surface area (Å²) in [6.45, 7) is 2.99. The maximum atomic E-state index is 11.1.